The molecule has 0 rings (SSSR count). The molecule has 0 radical (unpaired) electrons. The van der Waals surface area contributed by atoms with Crippen LogP contribution in [-0.4, -0.2) is 47.6 Å². The van der Waals surface area contributed by atoms with Crippen LogP contribution >= 0.6 is 0 Å². The van der Waals surface area contributed by atoms with E-state index in [1.54, 1.807) is 0 Å². The third kappa shape index (κ3) is 9.14. The van der Waals surface area contributed by atoms with Gasteiger partial charge in [-0.1, -0.05) is 13.8 Å². The van der Waals surface area contributed by atoms with Gasteiger partial charge in [0.25, 0.3) is 0 Å². The maximum absolute atomic E-state index is 12.2. The number of aliphatic carboxylic acids is 1. The summed E-state index contributed by atoms with van der Waals surface area (Å²) in [4.78, 5) is 35.1. The van der Waals surface area contributed by atoms with Crippen LogP contribution in [0.25, 0.3) is 0 Å². The number of unbranched alkanes of at least 4 members (excludes halogenated alkanes) is 1. The van der Waals surface area contributed by atoms with E-state index in [2.05, 4.69) is 10.6 Å². The van der Waals surface area contributed by atoms with Gasteiger partial charge in [0, 0.05) is 0 Å². The van der Waals surface area contributed by atoms with Crippen LogP contribution in [0, 0.1) is 5.92 Å². The zero-order valence-corrected chi connectivity index (χ0v) is 14.2. The number of nitrogens with one attached hydrogen (secondary N) is 2. The van der Waals surface area contributed by atoms with E-state index in [0.717, 1.165) is 0 Å². The van der Waals surface area contributed by atoms with Crippen molar-refractivity contribution in [2.45, 2.75) is 64.6 Å². The first kappa shape index (κ1) is 21.3. The molecule has 0 aliphatic rings. The molecule has 0 aliphatic carbocycles. The Morgan fingerprint density at radius 2 is 1.65 bits per heavy atom. The zero-order chi connectivity index (χ0) is 18.0. The van der Waals surface area contributed by atoms with E-state index in [-0.39, 0.29) is 5.92 Å². The lowest BCUT2D eigenvalue weighted by Gasteiger charge is -2.22. The summed E-state index contributed by atoms with van der Waals surface area (Å²) < 4.78 is 0. The summed E-state index contributed by atoms with van der Waals surface area (Å²) in [6, 6.07) is -2.54. The minimum absolute atomic E-state index is 0.257. The molecule has 0 heterocycles. The van der Waals surface area contributed by atoms with Crippen LogP contribution in [0.5, 0.6) is 0 Å². The molecule has 3 unspecified atom stereocenters. The lowest BCUT2D eigenvalue weighted by atomic mass is 10.0. The molecule has 0 bridgehead atoms. The van der Waals surface area contributed by atoms with E-state index < -0.39 is 35.9 Å². The molecule has 134 valence electrons. The molecular formula is C15H30N4O4. The standard InChI is InChI=1S/C15H30N4O4/c1-9(2)8-11(17)13(20)19-12(6-4-5-7-16)14(21)18-10(3)15(22)23/h9-12H,4-8,16-17H2,1-3H3,(H,18,21)(H,19,20)(H,22,23). The van der Waals surface area contributed by atoms with Gasteiger partial charge >= 0.3 is 5.97 Å². The molecule has 0 aliphatic heterocycles. The summed E-state index contributed by atoms with van der Waals surface area (Å²) in [5, 5.41) is 13.8. The van der Waals surface area contributed by atoms with Gasteiger partial charge in [-0.25, -0.2) is 0 Å². The second-order valence-electron chi connectivity index (χ2n) is 6.15. The van der Waals surface area contributed by atoms with E-state index >= 15 is 0 Å². The Bertz CT molecular complexity index is 401. The molecule has 0 aromatic carbocycles. The van der Waals surface area contributed by atoms with Crippen LogP contribution in [0.1, 0.15) is 46.5 Å². The fourth-order valence-electron chi connectivity index (χ4n) is 2.03. The third-order valence-electron chi connectivity index (χ3n) is 3.37. The number of carbonyl (C=O) groups excluding carboxylic acids is 2. The Kier molecular flexibility index (Phi) is 10.2. The highest BCUT2D eigenvalue weighted by Gasteiger charge is 2.26. The molecule has 0 aromatic rings. The van der Waals surface area contributed by atoms with E-state index in [1.165, 1.54) is 6.92 Å². The smallest absolute Gasteiger partial charge is 0.325 e. The first-order chi connectivity index (χ1) is 10.7. The van der Waals surface area contributed by atoms with Gasteiger partial charge in [-0.3, -0.25) is 14.4 Å². The average molecular weight is 330 g/mol. The lowest BCUT2D eigenvalue weighted by molar-refractivity contribution is -0.141. The molecule has 2 amide bonds. The largest absolute Gasteiger partial charge is 0.480 e. The van der Waals surface area contributed by atoms with Crippen LogP contribution in [-0.2, 0) is 14.4 Å². The van der Waals surface area contributed by atoms with Gasteiger partial charge < -0.3 is 27.2 Å². The van der Waals surface area contributed by atoms with Crippen molar-refractivity contribution in [2.24, 2.45) is 17.4 Å². The third-order valence-corrected chi connectivity index (χ3v) is 3.37. The molecule has 7 N–H and O–H groups in total. The monoisotopic (exact) mass is 330 g/mol. The molecule has 23 heavy (non-hydrogen) atoms. The predicted octanol–water partition coefficient (Wildman–Crippen LogP) is -0.437. The Labute approximate surface area is 137 Å². The van der Waals surface area contributed by atoms with Crippen LogP contribution < -0.4 is 22.1 Å². The number of hydrogen-bond acceptors (Lipinski definition) is 5. The second kappa shape index (κ2) is 11.0. The Morgan fingerprint density at radius 3 is 2.13 bits per heavy atom. The van der Waals surface area contributed by atoms with Gasteiger partial charge in [0.1, 0.15) is 12.1 Å². The highest BCUT2D eigenvalue weighted by molar-refractivity contribution is 5.91. The first-order valence-corrected chi connectivity index (χ1v) is 7.98. The Morgan fingerprint density at radius 1 is 1.04 bits per heavy atom. The number of carbonyl (C=O) groups is 3. The topological polar surface area (TPSA) is 148 Å². The van der Waals surface area contributed by atoms with Gasteiger partial charge in [0.2, 0.25) is 11.8 Å². The molecule has 0 saturated carbocycles. The quantitative estimate of drug-likeness (QED) is 0.324. The van der Waals surface area contributed by atoms with Crippen molar-refractivity contribution < 1.29 is 19.5 Å². The van der Waals surface area contributed by atoms with E-state index in [0.29, 0.717) is 32.2 Å². The molecule has 8 nitrogen and oxygen atoms in total. The predicted molar refractivity (Wildman–Crippen MR) is 87.5 cm³/mol. The maximum atomic E-state index is 12.2. The minimum atomic E-state index is -1.14. The fraction of sp³-hybridized carbons (Fsp3) is 0.800. The van der Waals surface area contributed by atoms with Crippen LogP contribution in [0.2, 0.25) is 0 Å². The molecular weight excluding hydrogens is 300 g/mol. The number of rotatable bonds is 11. The summed E-state index contributed by atoms with van der Waals surface area (Å²) in [6.07, 6.45) is 2.26. The first-order valence-electron chi connectivity index (χ1n) is 7.98. The number of hydrogen-bond donors (Lipinski definition) is 5. The van der Waals surface area contributed by atoms with Crippen LogP contribution in [0.15, 0.2) is 0 Å². The molecule has 0 spiro atoms. The van der Waals surface area contributed by atoms with Crippen molar-refractivity contribution >= 4 is 17.8 Å². The van der Waals surface area contributed by atoms with Crippen molar-refractivity contribution in [2.75, 3.05) is 6.54 Å². The van der Waals surface area contributed by atoms with Crippen molar-refractivity contribution in [3.63, 3.8) is 0 Å². The Balaban J connectivity index is 4.75. The van der Waals surface area contributed by atoms with E-state index in [9.17, 15) is 14.4 Å². The molecule has 0 aromatic heterocycles. The summed E-state index contributed by atoms with van der Waals surface area (Å²) in [5.41, 5.74) is 11.2. The summed E-state index contributed by atoms with van der Waals surface area (Å²) in [7, 11) is 0. The summed E-state index contributed by atoms with van der Waals surface area (Å²) >= 11 is 0. The fourth-order valence-corrected chi connectivity index (χ4v) is 2.03. The number of amides is 2. The number of nitrogens with two attached hydrogens (primary N) is 2. The van der Waals surface area contributed by atoms with E-state index in [4.69, 9.17) is 16.6 Å². The minimum Gasteiger partial charge on any atom is -0.480 e. The SMILES string of the molecule is CC(C)CC(N)C(=O)NC(CCCCN)C(=O)NC(C)C(=O)O. The molecule has 8 heteroatoms. The van der Waals surface area contributed by atoms with Crippen LogP contribution in [0.3, 0.4) is 0 Å². The molecule has 0 saturated heterocycles. The van der Waals surface area contributed by atoms with Crippen LogP contribution in [0.4, 0.5) is 0 Å². The van der Waals surface area contributed by atoms with Crippen molar-refractivity contribution in [3.8, 4) is 0 Å². The Hall–Kier alpha value is -1.67. The highest BCUT2D eigenvalue weighted by Crippen LogP contribution is 2.06. The number of carboxylic acids is 1. The second-order valence-corrected chi connectivity index (χ2v) is 6.15. The lowest BCUT2D eigenvalue weighted by Crippen LogP contribution is -2.54. The van der Waals surface area contributed by atoms with Crippen molar-refractivity contribution in [3.05, 3.63) is 0 Å². The van der Waals surface area contributed by atoms with Gasteiger partial charge in [-0.15, -0.1) is 0 Å². The molecule has 3 atom stereocenters. The average Bonchev–Trinajstić information content (AvgIpc) is 2.45. The zero-order valence-electron chi connectivity index (χ0n) is 14.2. The summed E-state index contributed by atoms with van der Waals surface area (Å²) in [5.74, 6) is -1.81. The van der Waals surface area contributed by atoms with E-state index in [1.807, 2.05) is 13.8 Å². The normalized spacial score (nSPS) is 14.9. The molecule has 0 fully saturated rings. The highest BCUT2D eigenvalue weighted by atomic mass is 16.4. The van der Waals surface area contributed by atoms with Crippen molar-refractivity contribution in [1.29, 1.82) is 0 Å². The van der Waals surface area contributed by atoms with Gasteiger partial charge in [0.05, 0.1) is 6.04 Å². The van der Waals surface area contributed by atoms with Gasteiger partial charge in [-0.05, 0) is 45.1 Å². The van der Waals surface area contributed by atoms with Gasteiger partial charge in [-0.2, -0.15) is 0 Å². The van der Waals surface area contributed by atoms with Gasteiger partial charge in [0.15, 0.2) is 0 Å². The number of carboxylic acid groups (broad SMARTS) is 1. The summed E-state index contributed by atoms with van der Waals surface area (Å²) in [6.45, 7) is 5.75. The van der Waals surface area contributed by atoms with Crippen molar-refractivity contribution in [1.82, 2.24) is 10.6 Å². The maximum Gasteiger partial charge on any atom is 0.325 e.